The fourth-order valence-electron chi connectivity index (χ4n) is 3.40. The van der Waals surface area contributed by atoms with Gasteiger partial charge in [-0.25, -0.2) is 4.39 Å². The van der Waals surface area contributed by atoms with E-state index in [4.69, 9.17) is 0 Å². The SMILES string of the molecule is CC(C)CNCc1cccc(F)c1N1CC(C)CC(C)C1. The molecule has 2 nitrogen and oxygen atoms in total. The summed E-state index contributed by atoms with van der Waals surface area (Å²) in [6.07, 6.45) is 1.24. The van der Waals surface area contributed by atoms with Crippen LogP contribution in [-0.2, 0) is 6.54 Å². The van der Waals surface area contributed by atoms with Crippen LogP contribution in [0.1, 0.15) is 39.7 Å². The Morgan fingerprint density at radius 2 is 1.90 bits per heavy atom. The van der Waals surface area contributed by atoms with Crippen LogP contribution < -0.4 is 10.2 Å². The van der Waals surface area contributed by atoms with Gasteiger partial charge >= 0.3 is 0 Å². The molecule has 118 valence electrons. The van der Waals surface area contributed by atoms with Crippen LogP contribution in [-0.4, -0.2) is 19.6 Å². The Labute approximate surface area is 128 Å². The second-order valence-electron chi connectivity index (χ2n) is 7.12. The van der Waals surface area contributed by atoms with Crippen molar-refractivity contribution in [3.63, 3.8) is 0 Å². The molecule has 21 heavy (non-hydrogen) atoms. The number of nitrogens with zero attached hydrogens (tertiary/aromatic N) is 1. The Hall–Kier alpha value is -1.09. The summed E-state index contributed by atoms with van der Waals surface area (Å²) >= 11 is 0. The molecule has 2 unspecified atom stereocenters. The van der Waals surface area contributed by atoms with Gasteiger partial charge in [-0.1, -0.05) is 39.8 Å². The molecular formula is C18H29FN2. The molecule has 3 heteroatoms. The van der Waals surface area contributed by atoms with E-state index in [9.17, 15) is 4.39 Å². The average Bonchev–Trinajstić information content (AvgIpc) is 2.37. The van der Waals surface area contributed by atoms with Crippen LogP contribution in [0.4, 0.5) is 10.1 Å². The fraction of sp³-hybridized carbons (Fsp3) is 0.667. The summed E-state index contributed by atoms with van der Waals surface area (Å²) in [5.74, 6) is 1.78. The highest BCUT2D eigenvalue weighted by molar-refractivity contribution is 5.55. The summed E-state index contributed by atoms with van der Waals surface area (Å²) in [5.41, 5.74) is 1.89. The van der Waals surface area contributed by atoms with E-state index in [-0.39, 0.29) is 5.82 Å². The Kier molecular flexibility index (Phi) is 5.63. The summed E-state index contributed by atoms with van der Waals surface area (Å²) in [6, 6.07) is 5.46. The topological polar surface area (TPSA) is 15.3 Å². The van der Waals surface area contributed by atoms with Gasteiger partial charge in [0.05, 0.1) is 5.69 Å². The molecular weight excluding hydrogens is 263 g/mol. The molecule has 1 fully saturated rings. The van der Waals surface area contributed by atoms with Gasteiger partial charge in [0.25, 0.3) is 0 Å². The minimum Gasteiger partial charge on any atom is -0.368 e. The number of nitrogens with one attached hydrogen (secondary N) is 1. The van der Waals surface area contributed by atoms with Crippen molar-refractivity contribution >= 4 is 5.69 Å². The summed E-state index contributed by atoms with van der Waals surface area (Å²) in [6.45, 7) is 12.5. The van der Waals surface area contributed by atoms with Crippen LogP contribution in [0.2, 0.25) is 0 Å². The molecule has 1 saturated heterocycles. The molecule has 0 saturated carbocycles. The molecule has 0 aliphatic carbocycles. The first-order valence-electron chi connectivity index (χ1n) is 8.20. The van der Waals surface area contributed by atoms with Gasteiger partial charge in [-0.15, -0.1) is 0 Å². The number of rotatable bonds is 5. The Bertz CT molecular complexity index is 449. The third-order valence-corrected chi connectivity index (χ3v) is 4.12. The Morgan fingerprint density at radius 1 is 1.24 bits per heavy atom. The van der Waals surface area contributed by atoms with Gasteiger partial charge in [0, 0.05) is 19.6 Å². The van der Waals surface area contributed by atoms with Crippen molar-refractivity contribution in [3.8, 4) is 0 Å². The van der Waals surface area contributed by atoms with Crippen LogP contribution in [0.5, 0.6) is 0 Å². The number of hydrogen-bond donors (Lipinski definition) is 1. The lowest BCUT2D eigenvalue weighted by Crippen LogP contribution is -2.40. The number of halogens is 1. The van der Waals surface area contributed by atoms with Gasteiger partial charge in [-0.05, 0) is 42.3 Å². The molecule has 1 aromatic rings. The number of anilines is 1. The van der Waals surface area contributed by atoms with Crippen LogP contribution in [0.25, 0.3) is 0 Å². The zero-order chi connectivity index (χ0) is 15.4. The predicted molar refractivity (Wildman–Crippen MR) is 88.1 cm³/mol. The van der Waals surface area contributed by atoms with E-state index in [1.54, 1.807) is 6.07 Å². The maximum absolute atomic E-state index is 14.4. The van der Waals surface area contributed by atoms with E-state index < -0.39 is 0 Å². The smallest absolute Gasteiger partial charge is 0.146 e. The lowest BCUT2D eigenvalue weighted by atomic mass is 9.91. The number of hydrogen-bond acceptors (Lipinski definition) is 2. The van der Waals surface area contributed by atoms with Crippen LogP contribution in [0.3, 0.4) is 0 Å². The first-order valence-corrected chi connectivity index (χ1v) is 8.20. The maximum Gasteiger partial charge on any atom is 0.146 e. The standard InChI is InChI=1S/C18H29FN2/c1-13(2)9-20-10-16-6-5-7-17(19)18(16)21-11-14(3)8-15(4)12-21/h5-7,13-15,20H,8-12H2,1-4H3. The quantitative estimate of drug-likeness (QED) is 0.880. The monoisotopic (exact) mass is 292 g/mol. The molecule has 1 N–H and O–H groups in total. The van der Waals surface area contributed by atoms with Crippen molar-refractivity contribution in [1.29, 1.82) is 0 Å². The molecule has 0 spiro atoms. The van der Waals surface area contributed by atoms with Gasteiger partial charge in [0.1, 0.15) is 5.82 Å². The third-order valence-electron chi connectivity index (χ3n) is 4.12. The van der Waals surface area contributed by atoms with Crippen molar-refractivity contribution in [1.82, 2.24) is 5.32 Å². The number of piperidine rings is 1. The van der Waals surface area contributed by atoms with E-state index in [0.29, 0.717) is 17.8 Å². The van der Waals surface area contributed by atoms with E-state index in [2.05, 4.69) is 44.0 Å². The summed E-state index contributed by atoms with van der Waals surface area (Å²) in [5, 5.41) is 3.44. The Morgan fingerprint density at radius 3 is 2.52 bits per heavy atom. The molecule has 2 atom stereocenters. The molecule has 0 aromatic heterocycles. The Balaban J connectivity index is 2.16. The van der Waals surface area contributed by atoms with Gasteiger partial charge < -0.3 is 10.2 Å². The van der Waals surface area contributed by atoms with Crippen molar-refractivity contribution in [2.75, 3.05) is 24.5 Å². The third kappa shape index (κ3) is 4.44. The predicted octanol–water partition coefficient (Wildman–Crippen LogP) is 4.05. The van der Waals surface area contributed by atoms with Gasteiger partial charge in [-0.3, -0.25) is 0 Å². The van der Waals surface area contributed by atoms with E-state index in [1.807, 2.05) is 6.07 Å². The van der Waals surface area contributed by atoms with Crippen molar-refractivity contribution in [3.05, 3.63) is 29.6 Å². The first kappa shape index (κ1) is 16.3. The van der Waals surface area contributed by atoms with E-state index in [0.717, 1.165) is 37.4 Å². The summed E-state index contributed by atoms with van der Waals surface area (Å²) in [7, 11) is 0. The van der Waals surface area contributed by atoms with Crippen LogP contribution >= 0.6 is 0 Å². The largest absolute Gasteiger partial charge is 0.368 e. The number of para-hydroxylation sites is 1. The van der Waals surface area contributed by atoms with Crippen LogP contribution in [0, 0.1) is 23.6 Å². The minimum atomic E-state index is -0.0832. The van der Waals surface area contributed by atoms with E-state index in [1.165, 1.54) is 6.42 Å². The molecule has 1 aliphatic rings. The minimum absolute atomic E-state index is 0.0832. The van der Waals surface area contributed by atoms with E-state index >= 15 is 0 Å². The second kappa shape index (κ2) is 7.26. The number of benzene rings is 1. The lowest BCUT2D eigenvalue weighted by Gasteiger charge is -2.37. The molecule has 1 aliphatic heterocycles. The van der Waals surface area contributed by atoms with Crippen molar-refractivity contribution in [2.24, 2.45) is 17.8 Å². The maximum atomic E-state index is 14.4. The normalized spacial score (nSPS) is 22.9. The molecule has 0 radical (unpaired) electrons. The molecule has 1 aromatic carbocycles. The highest BCUT2D eigenvalue weighted by Crippen LogP contribution is 2.31. The fourth-order valence-corrected chi connectivity index (χ4v) is 3.40. The second-order valence-corrected chi connectivity index (χ2v) is 7.12. The van der Waals surface area contributed by atoms with Gasteiger partial charge in [-0.2, -0.15) is 0 Å². The highest BCUT2D eigenvalue weighted by Gasteiger charge is 2.25. The average molecular weight is 292 g/mol. The molecule has 1 heterocycles. The van der Waals surface area contributed by atoms with Crippen molar-refractivity contribution < 1.29 is 4.39 Å². The summed E-state index contributed by atoms with van der Waals surface area (Å²) in [4.78, 5) is 2.25. The van der Waals surface area contributed by atoms with Crippen molar-refractivity contribution in [2.45, 2.75) is 40.7 Å². The first-order chi connectivity index (χ1) is 9.97. The van der Waals surface area contributed by atoms with Crippen LogP contribution in [0.15, 0.2) is 18.2 Å². The zero-order valence-electron chi connectivity index (χ0n) is 13.8. The molecule has 0 bridgehead atoms. The van der Waals surface area contributed by atoms with Gasteiger partial charge in [0.2, 0.25) is 0 Å². The summed E-state index contributed by atoms with van der Waals surface area (Å²) < 4.78 is 14.4. The lowest BCUT2D eigenvalue weighted by molar-refractivity contribution is 0.354. The molecule has 2 rings (SSSR count). The van der Waals surface area contributed by atoms with Gasteiger partial charge in [0.15, 0.2) is 0 Å². The highest BCUT2D eigenvalue weighted by atomic mass is 19.1. The zero-order valence-corrected chi connectivity index (χ0v) is 13.8. The molecule has 0 amide bonds.